The van der Waals surface area contributed by atoms with Crippen LogP contribution in [-0.4, -0.2) is 6.54 Å². The van der Waals surface area contributed by atoms with Crippen LogP contribution in [0.5, 0.6) is 0 Å². The third-order valence-electron chi connectivity index (χ3n) is 1.27. The molecule has 2 N–H and O–H groups in total. The molecule has 0 fully saturated rings. The molecule has 0 spiro atoms. The fourth-order valence-corrected chi connectivity index (χ4v) is 0.563. The molecule has 0 atom stereocenters. The molecule has 58 valence electrons. The van der Waals surface area contributed by atoms with E-state index in [2.05, 4.69) is 0 Å². The molecular weight excluding hydrogens is 129 g/mol. The molecule has 10 heavy (non-hydrogen) atoms. The van der Waals surface area contributed by atoms with Crippen LogP contribution in [0.1, 0.15) is 20.3 Å². The van der Waals surface area contributed by atoms with Crippen LogP contribution < -0.4 is 5.73 Å². The van der Waals surface area contributed by atoms with Crippen molar-refractivity contribution < 1.29 is 4.39 Å². The van der Waals surface area contributed by atoms with E-state index in [0.29, 0.717) is 6.54 Å². The molecule has 0 aliphatic heterocycles. The van der Waals surface area contributed by atoms with E-state index in [1.54, 1.807) is 6.08 Å². The zero-order valence-electron chi connectivity index (χ0n) is 6.52. The number of halogens is 1. The monoisotopic (exact) mass is 143 g/mol. The Balaban J connectivity index is 3.99. The first kappa shape index (κ1) is 9.37. The summed E-state index contributed by atoms with van der Waals surface area (Å²) in [6.07, 6.45) is 4.06. The van der Waals surface area contributed by atoms with Crippen LogP contribution in [0.4, 0.5) is 4.39 Å². The predicted molar refractivity (Wildman–Crippen MR) is 42.3 cm³/mol. The molecule has 0 aromatic carbocycles. The van der Waals surface area contributed by atoms with Gasteiger partial charge in [0.2, 0.25) is 0 Å². The van der Waals surface area contributed by atoms with Crippen molar-refractivity contribution in [1.82, 2.24) is 0 Å². The minimum absolute atomic E-state index is 0.181. The van der Waals surface area contributed by atoms with Crippen LogP contribution in [0, 0.1) is 0 Å². The van der Waals surface area contributed by atoms with Crippen molar-refractivity contribution in [3.8, 4) is 0 Å². The maximum absolute atomic E-state index is 12.1. The fraction of sp³-hybridized carbons (Fsp3) is 0.500. The highest BCUT2D eigenvalue weighted by Crippen LogP contribution is 2.00. The molecule has 0 unspecified atom stereocenters. The molecule has 0 heterocycles. The zero-order valence-corrected chi connectivity index (χ0v) is 6.52. The summed E-state index contributed by atoms with van der Waals surface area (Å²) >= 11 is 0. The summed E-state index contributed by atoms with van der Waals surface area (Å²) in [5, 5.41) is 0. The van der Waals surface area contributed by atoms with Crippen LogP contribution in [0.25, 0.3) is 0 Å². The average Bonchev–Trinajstić information content (AvgIpc) is 1.90. The third kappa shape index (κ3) is 4.27. The Kier molecular flexibility index (Phi) is 4.85. The Morgan fingerprint density at radius 3 is 2.40 bits per heavy atom. The number of hydrogen-bond donors (Lipinski definition) is 1. The summed E-state index contributed by atoms with van der Waals surface area (Å²) in [6.45, 7) is 3.93. The Bertz CT molecular complexity index is 137. The van der Waals surface area contributed by atoms with Gasteiger partial charge in [-0.05, 0) is 19.4 Å². The maximum atomic E-state index is 12.1. The largest absolute Gasteiger partial charge is 0.327 e. The molecule has 2 heteroatoms. The highest BCUT2D eigenvalue weighted by molar-refractivity contribution is 5.14. The molecule has 0 radical (unpaired) electrons. The van der Waals surface area contributed by atoms with Crippen molar-refractivity contribution in [2.75, 3.05) is 6.54 Å². The minimum atomic E-state index is -0.181. The molecule has 0 bridgehead atoms. The van der Waals surface area contributed by atoms with Crippen molar-refractivity contribution in [2.45, 2.75) is 20.3 Å². The molecular formula is C8H14FN. The number of hydrogen-bond acceptors (Lipinski definition) is 1. The quantitative estimate of drug-likeness (QED) is 0.602. The van der Waals surface area contributed by atoms with Gasteiger partial charge in [-0.1, -0.05) is 18.6 Å². The normalized spacial score (nSPS) is 14.0. The van der Waals surface area contributed by atoms with Gasteiger partial charge in [-0.2, -0.15) is 0 Å². The van der Waals surface area contributed by atoms with E-state index >= 15 is 0 Å². The van der Waals surface area contributed by atoms with Gasteiger partial charge in [-0.15, -0.1) is 0 Å². The molecule has 1 nitrogen and oxygen atoms in total. The van der Waals surface area contributed by atoms with E-state index < -0.39 is 0 Å². The lowest BCUT2D eigenvalue weighted by Crippen LogP contribution is -2.01. The zero-order chi connectivity index (χ0) is 7.98. The van der Waals surface area contributed by atoms with Gasteiger partial charge in [0.25, 0.3) is 0 Å². The average molecular weight is 143 g/mol. The van der Waals surface area contributed by atoms with Crippen LogP contribution in [0.3, 0.4) is 0 Å². The lowest BCUT2D eigenvalue weighted by molar-refractivity contribution is 0.640. The minimum Gasteiger partial charge on any atom is -0.327 e. The van der Waals surface area contributed by atoms with E-state index in [-0.39, 0.29) is 5.83 Å². The highest BCUT2D eigenvalue weighted by atomic mass is 19.1. The summed E-state index contributed by atoms with van der Waals surface area (Å²) < 4.78 is 12.1. The Morgan fingerprint density at radius 2 is 2.10 bits per heavy atom. The van der Waals surface area contributed by atoms with Crippen molar-refractivity contribution in [2.24, 2.45) is 5.73 Å². The Morgan fingerprint density at radius 1 is 1.50 bits per heavy atom. The molecule has 0 rings (SSSR count). The first-order valence-corrected chi connectivity index (χ1v) is 3.42. The topological polar surface area (TPSA) is 26.0 Å². The van der Waals surface area contributed by atoms with Crippen molar-refractivity contribution >= 4 is 0 Å². The van der Waals surface area contributed by atoms with Crippen molar-refractivity contribution in [3.05, 3.63) is 23.6 Å². The van der Waals surface area contributed by atoms with Crippen molar-refractivity contribution in [3.63, 3.8) is 0 Å². The van der Waals surface area contributed by atoms with Gasteiger partial charge in [-0.25, -0.2) is 4.39 Å². The van der Waals surface area contributed by atoms with Crippen LogP contribution in [0.2, 0.25) is 0 Å². The van der Waals surface area contributed by atoms with Gasteiger partial charge < -0.3 is 5.73 Å². The second-order valence-corrected chi connectivity index (χ2v) is 2.14. The van der Waals surface area contributed by atoms with Crippen LogP contribution in [-0.2, 0) is 0 Å². The first-order chi connectivity index (χ1) is 4.70. The maximum Gasteiger partial charge on any atom is 0.0968 e. The van der Waals surface area contributed by atoms with Gasteiger partial charge in [0.15, 0.2) is 0 Å². The van der Waals surface area contributed by atoms with Gasteiger partial charge in [0, 0.05) is 6.54 Å². The first-order valence-electron chi connectivity index (χ1n) is 3.42. The summed E-state index contributed by atoms with van der Waals surface area (Å²) in [6, 6.07) is 0. The highest BCUT2D eigenvalue weighted by Gasteiger charge is 1.86. The van der Waals surface area contributed by atoms with Crippen LogP contribution in [0.15, 0.2) is 23.6 Å². The standard InChI is InChI=1S/C8H14FN/c1-3-8(6-10)5-4-7(2)9/h4-5H,3,6,10H2,1-2H3/b7-4+,8-5+. The second-order valence-electron chi connectivity index (χ2n) is 2.14. The van der Waals surface area contributed by atoms with Crippen molar-refractivity contribution in [1.29, 1.82) is 0 Å². The number of allylic oxidation sites excluding steroid dienone is 3. The van der Waals surface area contributed by atoms with Gasteiger partial charge >= 0.3 is 0 Å². The smallest absolute Gasteiger partial charge is 0.0968 e. The number of rotatable bonds is 3. The van der Waals surface area contributed by atoms with E-state index in [4.69, 9.17) is 5.73 Å². The van der Waals surface area contributed by atoms with Crippen LogP contribution >= 0.6 is 0 Å². The van der Waals surface area contributed by atoms with E-state index in [1.807, 2.05) is 6.92 Å². The molecule has 0 aliphatic carbocycles. The summed E-state index contributed by atoms with van der Waals surface area (Å²) in [4.78, 5) is 0. The molecule has 0 saturated heterocycles. The second kappa shape index (κ2) is 5.18. The SMILES string of the molecule is CC/C(=C\C=C(/C)F)CN. The lowest BCUT2D eigenvalue weighted by Gasteiger charge is -1.95. The Labute approximate surface area is 61.4 Å². The predicted octanol–water partition coefficient (Wildman–Crippen LogP) is 2.15. The van der Waals surface area contributed by atoms with E-state index in [0.717, 1.165) is 12.0 Å². The summed E-state index contributed by atoms with van der Waals surface area (Å²) in [7, 11) is 0. The molecule has 0 aromatic heterocycles. The molecule has 0 aromatic rings. The van der Waals surface area contributed by atoms with E-state index in [9.17, 15) is 4.39 Å². The molecule has 0 aliphatic rings. The molecule has 0 saturated carbocycles. The summed E-state index contributed by atoms with van der Waals surface area (Å²) in [5.74, 6) is -0.181. The summed E-state index contributed by atoms with van der Waals surface area (Å²) in [5.41, 5.74) is 6.42. The lowest BCUT2D eigenvalue weighted by atomic mass is 10.2. The van der Waals surface area contributed by atoms with Gasteiger partial charge in [0.1, 0.15) is 0 Å². The molecule has 0 amide bonds. The third-order valence-corrected chi connectivity index (χ3v) is 1.27. The van der Waals surface area contributed by atoms with Gasteiger partial charge in [-0.3, -0.25) is 0 Å². The number of nitrogens with two attached hydrogens (primary N) is 1. The fourth-order valence-electron chi connectivity index (χ4n) is 0.563. The Hall–Kier alpha value is -0.630. The van der Waals surface area contributed by atoms with Gasteiger partial charge in [0.05, 0.1) is 5.83 Å². The van der Waals surface area contributed by atoms with E-state index in [1.165, 1.54) is 13.0 Å².